The summed E-state index contributed by atoms with van der Waals surface area (Å²) in [6.07, 6.45) is 18.2. The molecule has 0 spiro atoms. The van der Waals surface area contributed by atoms with Crippen molar-refractivity contribution < 1.29 is 4.79 Å². The van der Waals surface area contributed by atoms with Crippen molar-refractivity contribution in [2.45, 2.75) is 72.1 Å². The number of fused-ring (bicyclic) bond motifs is 5. The first-order valence-electron chi connectivity index (χ1n) is 11.9. The van der Waals surface area contributed by atoms with E-state index in [9.17, 15) is 4.79 Å². The van der Waals surface area contributed by atoms with E-state index in [0.29, 0.717) is 29.1 Å². The van der Waals surface area contributed by atoms with E-state index in [2.05, 4.69) is 40.6 Å². The van der Waals surface area contributed by atoms with Crippen molar-refractivity contribution in [3.8, 4) is 0 Å². The third-order valence-corrected chi connectivity index (χ3v) is 9.63. The van der Waals surface area contributed by atoms with Crippen LogP contribution in [0.4, 0.5) is 0 Å². The van der Waals surface area contributed by atoms with Crippen LogP contribution in [0.15, 0.2) is 24.8 Å². The number of rotatable bonds is 2. The van der Waals surface area contributed by atoms with Crippen molar-refractivity contribution in [1.29, 1.82) is 0 Å². The lowest BCUT2D eigenvalue weighted by Gasteiger charge is -2.58. The number of allylic oxidation sites excluding steroid dienone is 2. The first-order valence-corrected chi connectivity index (χ1v) is 11.9. The number of carbonyl (C=O) groups is 1. The predicted molar refractivity (Wildman–Crippen MR) is 116 cm³/mol. The van der Waals surface area contributed by atoms with Crippen LogP contribution in [0.2, 0.25) is 0 Å². The molecule has 1 aliphatic heterocycles. The molecule has 3 fully saturated rings. The fourth-order valence-electron chi connectivity index (χ4n) is 8.03. The minimum atomic E-state index is 0.292. The first kappa shape index (κ1) is 19.4. The Morgan fingerprint density at radius 3 is 2.83 bits per heavy atom. The van der Waals surface area contributed by atoms with Gasteiger partial charge in [-0.05, 0) is 74.0 Å². The smallest absolute Gasteiger partial charge is 0.222 e. The van der Waals surface area contributed by atoms with Gasteiger partial charge in [-0.2, -0.15) is 0 Å². The Labute approximate surface area is 175 Å². The van der Waals surface area contributed by atoms with Crippen LogP contribution in [0.25, 0.3) is 5.70 Å². The number of likely N-dealkylation sites (tertiary alicyclic amines) is 1. The van der Waals surface area contributed by atoms with Gasteiger partial charge in [-0.25, -0.2) is 4.98 Å². The van der Waals surface area contributed by atoms with Crippen molar-refractivity contribution in [2.75, 3.05) is 13.1 Å². The molecule has 2 heterocycles. The van der Waals surface area contributed by atoms with Gasteiger partial charge in [0, 0.05) is 43.0 Å². The largest absolute Gasteiger partial charge is 0.342 e. The fraction of sp³-hybridized carbons (Fsp3) is 0.760. The highest BCUT2D eigenvalue weighted by Gasteiger charge is 2.58. The second-order valence-electron chi connectivity index (χ2n) is 10.7. The lowest BCUT2D eigenvalue weighted by atomic mass is 9.47. The molecule has 5 rings (SSSR count). The molecule has 0 bridgehead atoms. The van der Waals surface area contributed by atoms with E-state index >= 15 is 0 Å². The molecular formula is C25H37N3O. The maximum Gasteiger partial charge on any atom is 0.222 e. The summed E-state index contributed by atoms with van der Waals surface area (Å²) in [6.45, 7) is 9.11. The van der Waals surface area contributed by atoms with Gasteiger partial charge in [0.2, 0.25) is 5.91 Å². The molecule has 4 nitrogen and oxygen atoms in total. The van der Waals surface area contributed by atoms with Gasteiger partial charge in [0.05, 0.1) is 6.33 Å². The Morgan fingerprint density at radius 2 is 2.07 bits per heavy atom. The number of amides is 1. The van der Waals surface area contributed by atoms with Crippen molar-refractivity contribution in [3.63, 3.8) is 0 Å². The maximum atomic E-state index is 12.4. The van der Waals surface area contributed by atoms with E-state index in [0.717, 1.165) is 30.8 Å². The molecule has 29 heavy (non-hydrogen) atoms. The molecule has 6 atom stereocenters. The molecule has 1 saturated heterocycles. The third kappa shape index (κ3) is 2.84. The standard InChI is InChI=1S/C25H37N3O/c1-4-23(29)27-14-5-11-24(2)18(16-27)6-7-19-20-8-9-22(28-15-13-26-17-28)25(20,3)12-10-21(19)24/h9,13,15,17-21H,4-8,10-12,14,16H2,1-3H3/t18-,19-,20-,21-,24-,25-/m0/s1. The molecule has 0 unspecified atom stereocenters. The maximum absolute atomic E-state index is 12.4. The zero-order valence-corrected chi connectivity index (χ0v) is 18.4. The number of carbonyl (C=O) groups excluding carboxylic acids is 1. The van der Waals surface area contributed by atoms with Gasteiger partial charge >= 0.3 is 0 Å². The van der Waals surface area contributed by atoms with E-state index in [1.807, 2.05) is 19.4 Å². The predicted octanol–water partition coefficient (Wildman–Crippen LogP) is 5.23. The van der Waals surface area contributed by atoms with Gasteiger partial charge < -0.3 is 9.47 Å². The molecule has 2 saturated carbocycles. The van der Waals surface area contributed by atoms with Gasteiger partial charge in [0.25, 0.3) is 0 Å². The van der Waals surface area contributed by atoms with E-state index in [4.69, 9.17) is 0 Å². The summed E-state index contributed by atoms with van der Waals surface area (Å²) in [4.78, 5) is 18.9. The Bertz CT molecular complexity index is 799. The fourth-order valence-corrected chi connectivity index (χ4v) is 8.03. The highest BCUT2D eigenvalue weighted by Crippen LogP contribution is 2.65. The Morgan fingerprint density at radius 1 is 1.21 bits per heavy atom. The SMILES string of the molecule is CCC(=O)N1CCC[C@@]2(C)[C@@H](CC[C@@H]3[C@@H]2CC[C@]2(C)C(n4ccnc4)=CC[C@@H]32)C1. The second kappa shape index (κ2) is 6.99. The summed E-state index contributed by atoms with van der Waals surface area (Å²) in [5.74, 6) is 3.48. The van der Waals surface area contributed by atoms with Crippen LogP contribution >= 0.6 is 0 Å². The highest BCUT2D eigenvalue weighted by atomic mass is 16.2. The van der Waals surface area contributed by atoms with E-state index in [1.165, 1.54) is 50.6 Å². The summed E-state index contributed by atoms with van der Waals surface area (Å²) in [5, 5.41) is 0. The Hall–Kier alpha value is -1.58. The number of hydrogen-bond donors (Lipinski definition) is 0. The third-order valence-electron chi connectivity index (χ3n) is 9.63. The molecular weight excluding hydrogens is 358 g/mol. The Kier molecular flexibility index (Phi) is 4.67. The van der Waals surface area contributed by atoms with E-state index in [1.54, 1.807) is 0 Å². The van der Waals surface area contributed by atoms with Gasteiger partial charge in [-0.3, -0.25) is 4.79 Å². The van der Waals surface area contributed by atoms with Crippen LogP contribution in [0.3, 0.4) is 0 Å². The molecule has 0 N–H and O–H groups in total. The van der Waals surface area contributed by atoms with Crippen LogP contribution in [0, 0.1) is 34.5 Å². The van der Waals surface area contributed by atoms with Crippen LogP contribution in [-0.4, -0.2) is 33.4 Å². The monoisotopic (exact) mass is 395 g/mol. The molecule has 1 aromatic heterocycles. The lowest BCUT2D eigenvalue weighted by molar-refractivity contribution is -0.133. The van der Waals surface area contributed by atoms with Crippen LogP contribution in [0.1, 0.15) is 72.1 Å². The molecule has 1 amide bonds. The van der Waals surface area contributed by atoms with E-state index in [-0.39, 0.29) is 0 Å². The zero-order chi connectivity index (χ0) is 20.2. The van der Waals surface area contributed by atoms with Gasteiger partial charge in [0.15, 0.2) is 0 Å². The minimum absolute atomic E-state index is 0.292. The van der Waals surface area contributed by atoms with E-state index < -0.39 is 0 Å². The average Bonchev–Trinajstić information content (AvgIpc) is 3.31. The van der Waals surface area contributed by atoms with Crippen LogP contribution in [0.5, 0.6) is 0 Å². The van der Waals surface area contributed by atoms with Crippen LogP contribution in [-0.2, 0) is 4.79 Å². The van der Waals surface area contributed by atoms with Crippen LogP contribution < -0.4 is 0 Å². The van der Waals surface area contributed by atoms with Crippen molar-refractivity contribution in [3.05, 3.63) is 24.8 Å². The topological polar surface area (TPSA) is 38.1 Å². The van der Waals surface area contributed by atoms with Crippen molar-refractivity contribution in [1.82, 2.24) is 14.5 Å². The summed E-state index contributed by atoms with van der Waals surface area (Å²) in [6, 6.07) is 0. The van der Waals surface area contributed by atoms with Gasteiger partial charge in [-0.1, -0.05) is 26.8 Å². The van der Waals surface area contributed by atoms with Gasteiger partial charge in [-0.15, -0.1) is 0 Å². The number of nitrogens with zero attached hydrogens (tertiary/aromatic N) is 3. The Balaban J connectivity index is 1.40. The summed E-state index contributed by atoms with van der Waals surface area (Å²) in [7, 11) is 0. The lowest BCUT2D eigenvalue weighted by Crippen LogP contribution is -2.52. The second-order valence-corrected chi connectivity index (χ2v) is 10.7. The molecule has 4 heteroatoms. The van der Waals surface area contributed by atoms with Gasteiger partial charge in [0.1, 0.15) is 0 Å². The number of hydrogen-bond acceptors (Lipinski definition) is 2. The average molecular weight is 396 g/mol. The molecule has 3 aliphatic carbocycles. The minimum Gasteiger partial charge on any atom is -0.342 e. The number of imidazole rings is 1. The highest BCUT2D eigenvalue weighted by molar-refractivity contribution is 5.75. The zero-order valence-electron chi connectivity index (χ0n) is 18.4. The first-order chi connectivity index (χ1) is 14.0. The molecule has 0 radical (unpaired) electrons. The summed E-state index contributed by atoms with van der Waals surface area (Å²) in [5.41, 5.74) is 2.19. The molecule has 4 aliphatic rings. The molecule has 1 aromatic rings. The number of aromatic nitrogens is 2. The van der Waals surface area contributed by atoms with Crippen molar-refractivity contribution in [2.24, 2.45) is 34.5 Å². The normalized spacial score (nSPS) is 41.8. The summed E-state index contributed by atoms with van der Waals surface area (Å²) < 4.78 is 2.27. The molecule has 0 aromatic carbocycles. The molecule has 158 valence electrons. The summed E-state index contributed by atoms with van der Waals surface area (Å²) >= 11 is 0. The van der Waals surface area contributed by atoms with Crippen molar-refractivity contribution >= 4 is 11.6 Å². The quantitative estimate of drug-likeness (QED) is 0.688.